The molecule has 2 rings (SSSR count). The number of carbonyl (C=O) groups is 1. The molecule has 0 aliphatic carbocycles. The second-order valence-corrected chi connectivity index (χ2v) is 4.25. The molecule has 0 fully saturated rings. The monoisotopic (exact) mass is 274 g/mol. The van der Waals surface area contributed by atoms with Crippen molar-refractivity contribution in [2.75, 3.05) is 24.2 Å². The highest BCUT2D eigenvalue weighted by atomic mass is 16.5. The Bertz CT molecular complexity index is 565. The molecule has 1 aromatic heterocycles. The average Bonchev–Trinajstić information content (AvgIpc) is 2.94. The highest BCUT2D eigenvalue weighted by molar-refractivity contribution is 5.98. The highest BCUT2D eigenvalue weighted by Gasteiger charge is 2.14. The number of rotatable bonds is 6. The first kappa shape index (κ1) is 14.0. The molecule has 0 saturated heterocycles. The topological polar surface area (TPSA) is 77.5 Å². The fourth-order valence-electron chi connectivity index (χ4n) is 1.91. The summed E-state index contributed by atoms with van der Waals surface area (Å²) < 4.78 is 10.3. The summed E-state index contributed by atoms with van der Waals surface area (Å²) in [5.74, 6) is 0.505. The van der Waals surface area contributed by atoms with E-state index in [1.165, 1.54) is 0 Å². The van der Waals surface area contributed by atoms with E-state index < -0.39 is 0 Å². The number of nitrogens with one attached hydrogen (secondary N) is 1. The summed E-state index contributed by atoms with van der Waals surface area (Å²) in [6.07, 6.45) is 2.35. The predicted octanol–water partition coefficient (Wildman–Crippen LogP) is 2.69. The molecule has 20 heavy (non-hydrogen) atoms. The first-order chi connectivity index (χ1) is 9.72. The summed E-state index contributed by atoms with van der Waals surface area (Å²) in [6.45, 7) is 2.72. The minimum atomic E-state index is -0.375. The van der Waals surface area contributed by atoms with Crippen LogP contribution in [0.15, 0.2) is 41.0 Å². The van der Waals surface area contributed by atoms with E-state index in [1.54, 1.807) is 31.4 Å². The molecule has 5 nitrogen and oxygen atoms in total. The molecule has 0 spiro atoms. The SMILES string of the molecule is CCOC(=O)c1cccc(N)c1NCCc1ccco1. The number of nitrogens with two attached hydrogens (primary N) is 1. The molecule has 0 amide bonds. The average molecular weight is 274 g/mol. The Kier molecular flexibility index (Phi) is 4.65. The lowest BCUT2D eigenvalue weighted by Crippen LogP contribution is -2.13. The Morgan fingerprint density at radius 3 is 2.90 bits per heavy atom. The summed E-state index contributed by atoms with van der Waals surface area (Å²) in [7, 11) is 0. The van der Waals surface area contributed by atoms with Crippen LogP contribution in [-0.4, -0.2) is 19.1 Å². The third-order valence-corrected chi connectivity index (χ3v) is 2.85. The second-order valence-electron chi connectivity index (χ2n) is 4.25. The molecule has 0 bridgehead atoms. The quantitative estimate of drug-likeness (QED) is 0.625. The molecule has 1 aromatic carbocycles. The summed E-state index contributed by atoms with van der Waals surface area (Å²) in [6, 6.07) is 8.93. The number of benzene rings is 1. The van der Waals surface area contributed by atoms with Gasteiger partial charge in [0.1, 0.15) is 5.76 Å². The minimum absolute atomic E-state index is 0.333. The zero-order valence-electron chi connectivity index (χ0n) is 11.4. The van der Waals surface area contributed by atoms with Crippen molar-refractivity contribution in [3.05, 3.63) is 47.9 Å². The maximum atomic E-state index is 11.9. The summed E-state index contributed by atoms with van der Waals surface area (Å²) in [5.41, 5.74) is 7.50. The van der Waals surface area contributed by atoms with Crippen molar-refractivity contribution in [3.63, 3.8) is 0 Å². The molecule has 0 unspecified atom stereocenters. The number of anilines is 2. The van der Waals surface area contributed by atoms with Gasteiger partial charge in [-0.15, -0.1) is 0 Å². The maximum Gasteiger partial charge on any atom is 0.340 e. The molecule has 2 aromatic rings. The van der Waals surface area contributed by atoms with E-state index in [0.717, 1.165) is 5.76 Å². The molecule has 0 aliphatic rings. The van der Waals surface area contributed by atoms with Crippen LogP contribution in [-0.2, 0) is 11.2 Å². The van der Waals surface area contributed by atoms with Gasteiger partial charge in [0.15, 0.2) is 0 Å². The Morgan fingerprint density at radius 2 is 2.20 bits per heavy atom. The van der Waals surface area contributed by atoms with E-state index in [-0.39, 0.29) is 5.97 Å². The van der Waals surface area contributed by atoms with Crippen LogP contribution in [0.2, 0.25) is 0 Å². The van der Waals surface area contributed by atoms with Crippen LogP contribution < -0.4 is 11.1 Å². The fourth-order valence-corrected chi connectivity index (χ4v) is 1.91. The number of esters is 1. The van der Waals surface area contributed by atoms with Crippen LogP contribution >= 0.6 is 0 Å². The lowest BCUT2D eigenvalue weighted by molar-refractivity contribution is 0.0527. The van der Waals surface area contributed by atoms with Crippen molar-refractivity contribution < 1.29 is 13.9 Å². The molecular weight excluding hydrogens is 256 g/mol. The number of ether oxygens (including phenoxy) is 1. The second kappa shape index (κ2) is 6.65. The number of nitrogen functional groups attached to an aromatic ring is 1. The molecule has 0 aliphatic heterocycles. The first-order valence-electron chi connectivity index (χ1n) is 6.54. The number of furan rings is 1. The van der Waals surface area contributed by atoms with E-state index in [9.17, 15) is 4.79 Å². The van der Waals surface area contributed by atoms with Crippen LogP contribution in [0.5, 0.6) is 0 Å². The molecular formula is C15H18N2O3. The summed E-state index contributed by atoms with van der Waals surface area (Å²) >= 11 is 0. The van der Waals surface area contributed by atoms with Gasteiger partial charge in [-0.1, -0.05) is 6.07 Å². The van der Waals surface area contributed by atoms with Gasteiger partial charge in [-0.3, -0.25) is 0 Å². The van der Waals surface area contributed by atoms with Gasteiger partial charge in [-0.2, -0.15) is 0 Å². The van der Waals surface area contributed by atoms with E-state index >= 15 is 0 Å². The fraction of sp³-hybridized carbons (Fsp3) is 0.267. The number of hydrogen-bond donors (Lipinski definition) is 2. The molecule has 3 N–H and O–H groups in total. The lowest BCUT2D eigenvalue weighted by Gasteiger charge is -2.13. The molecule has 106 valence electrons. The van der Waals surface area contributed by atoms with Gasteiger partial charge >= 0.3 is 5.97 Å². The van der Waals surface area contributed by atoms with Gasteiger partial charge in [0, 0.05) is 13.0 Å². The predicted molar refractivity (Wildman–Crippen MR) is 77.7 cm³/mol. The maximum absolute atomic E-state index is 11.9. The van der Waals surface area contributed by atoms with Gasteiger partial charge in [-0.25, -0.2) is 4.79 Å². The third kappa shape index (κ3) is 3.32. The Balaban J connectivity index is 2.07. The zero-order valence-corrected chi connectivity index (χ0v) is 11.4. The molecule has 1 heterocycles. The number of hydrogen-bond acceptors (Lipinski definition) is 5. The minimum Gasteiger partial charge on any atom is -0.469 e. The summed E-state index contributed by atoms with van der Waals surface area (Å²) in [4.78, 5) is 11.9. The van der Waals surface area contributed by atoms with E-state index in [0.29, 0.717) is 36.5 Å². The van der Waals surface area contributed by atoms with Crippen molar-refractivity contribution in [2.45, 2.75) is 13.3 Å². The standard InChI is InChI=1S/C15H18N2O3/c1-2-19-15(18)12-6-3-7-13(16)14(12)17-9-8-11-5-4-10-20-11/h3-7,10,17H,2,8-9,16H2,1H3. The largest absolute Gasteiger partial charge is 0.469 e. The van der Waals surface area contributed by atoms with Crippen LogP contribution in [0, 0.1) is 0 Å². The van der Waals surface area contributed by atoms with E-state index in [4.69, 9.17) is 14.9 Å². The third-order valence-electron chi connectivity index (χ3n) is 2.85. The highest BCUT2D eigenvalue weighted by Crippen LogP contribution is 2.24. The molecule has 5 heteroatoms. The van der Waals surface area contributed by atoms with Gasteiger partial charge in [0.05, 0.1) is 29.8 Å². The normalized spacial score (nSPS) is 10.2. The zero-order chi connectivity index (χ0) is 14.4. The van der Waals surface area contributed by atoms with Crippen LogP contribution in [0.25, 0.3) is 0 Å². The van der Waals surface area contributed by atoms with Crippen molar-refractivity contribution in [3.8, 4) is 0 Å². The smallest absolute Gasteiger partial charge is 0.340 e. The van der Waals surface area contributed by atoms with Crippen molar-refractivity contribution in [1.82, 2.24) is 0 Å². The Hall–Kier alpha value is -2.43. The van der Waals surface area contributed by atoms with Crippen LogP contribution in [0.4, 0.5) is 11.4 Å². The van der Waals surface area contributed by atoms with Crippen LogP contribution in [0.1, 0.15) is 23.0 Å². The molecule has 0 radical (unpaired) electrons. The molecule has 0 atom stereocenters. The van der Waals surface area contributed by atoms with Gasteiger partial charge < -0.3 is 20.2 Å². The van der Waals surface area contributed by atoms with Crippen molar-refractivity contribution in [2.24, 2.45) is 0 Å². The van der Waals surface area contributed by atoms with E-state index in [1.807, 2.05) is 12.1 Å². The van der Waals surface area contributed by atoms with Crippen LogP contribution in [0.3, 0.4) is 0 Å². The van der Waals surface area contributed by atoms with Gasteiger partial charge in [-0.05, 0) is 31.2 Å². The van der Waals surface area contributed by atoms with Gasteiger partial charge in [0.2, 0.25) is 0 Å². The van der Waals surface area contributed by atoms with Crippen molar-refractivity contribution in [1.29, 1.82) is 0 Å². The number of carbonyl (C=O) groups excluding carboxylic acids is 1. The summed E-state index contributed by atoms with van der Waals surface area (Å²) in [5, 5.41) is 3.17. The van der Waals surface area contributed by atoms with E-state index in [2.05, 4.69) is 5.32 Å². The first-order valence-corrected chi connectivity index (χ1v) is 6.54. The number of para-hydroxylation sites is 1. The molecule has 0 saturated carbocycles. The lowest BCUT2D eigenvalue weighted by atomic mass is 10.1. The Labute approximate surface area is 117 Å². The Morgan fingerprint density at radius 1 is 1.35 bits per heavy atom. The van der Waals surface area contributed by atoms with Gasteiger partial charge in [0.25, 0.3) is 0 Å². The van der Waals surface area contributed by atoms with Crippen molar-refractivity contribution >= 4 is 17.3 Å².